The van der Waals surface area contributed by atoms with Gasteiger partial charge in [0.1, 0.15) is 5.54 Å². The second kappa shape index (κ2) is 6.37. The molecule has 1 saturated heterocycles. The fourth-order valence-electron chi connectivity index (χ4n) is 2.55. The minimum atomic E-state index is -0.638. The van der Waals surface area contributed by atoms with Crippen molar-refractivity contribution in [3.05, 3.63) is 0 Å². The van der Waals surface area contributed by atoms with Crippen molar-refractivity contribution >= 4 is 0 Å². The SMILES string of the molecule is CC1CCC(C)N(CCCCC(C)(N)C#N)C1. The number of nitriles is 1. The predicted octanol–water partition coefficient (Wildman–Crippen LogP) is 2.52. The van der Waals surface area contributed by atoms with E-state index in [1.807, 2.05) is 6.92 Å². The summed E-state index contributed by atoms with van der Waals surface area (Å²) in [6.07, 6.45) is 5.71. The summed E-state index contributed by atoms with van der Waals surface area (Å²) >= 11 is 0. The Labute approximate surface area is 106 Å². The highest BCUT2D eigenvalue weighted by atomic mass is 15.2. The zero-order valence-electron chi connectivity index (χ0n) is 11.6. The summed E-state index contributed by atoms with van der Waals surface area (Å²) in [6.45, 7) is 8.88. The van der Waals surface area contributed by atoms with Gasteiger partial charge in [-0.05, 0) is 58.4 Å². The zero-order valence-corrected chi connectivity index (χ0v) is 11.6. The van der Waals surface area contributed by atoms with Crippen LogP contribution in [0.4, 0.5) is 0 Å². The van der Waals surface area contributed by atoms with Crippen LogP contribution < -0.4 is 5.73 Å². The molecule has 98 valence electrons. The van der Waals surface area contributed by atoms with Crippen molar-refractivity contribution in [2.24, 2.45) is 11.7 Å². The Hall–Kier alpha value is -0.590. The molecular formula is C14H27N3. The zero-order chi connectivity index (χ0) is 12.9. The summed E-state index contributed by atoms with van der Waals surface area (Å²) in [6, 6.07) is 2.89. The first-order valence-corrected chi connectivity index (χ1v) is 6.89. The Morgan fingerprint density at radius 3 is 2.71 bits per heavy atom. The average molecular weight is 237 g/mol. The van der Waals surface area contributed by atoms with E-state index >= 15 is 0 Å². The molecule has 1 heterocycles. The quantitative estimate of drug-likeness (QED) is 0.748. The maximum absolute atomic E-state index is 8.83. The van der Waals surface area contributed by atoms with Crippen LogP contribution in [0.1, 0.15) is 52.9 Å². The van der Waals surface area contributed by atoms with E-state index in [0.717, 1.165) is 37.8 Å². The summed E-state index contributed by atoms with van der Waals surface area (Å²) < 4.78 is 0. The van der Waals surface area contributed by atoms with Crippen molar-refractivity contribution in [1.82, 2.24) is 4.90 Å². The summed E-state index contributed by atoms with van der Waals surface area (Å²) in [5.41, 5.74) is 5.17. The molecule has 0 saturated carbocycles. The molecule has 1 aliphatic heterocycles. The summed E-state index contributed by atoms with van der Waals surface area (Å²) in [5.74, 6) is 0.838. The third-order valence-electron chi connectivity index (χ3n) is 3.89. The van der Waals surface area contributed by atoms with Gasteiger partial charge in [-0.1, -0.05) is 6.92 Å². The number of rotatable bonds is 5. The molecule has 0 aromatic heterocycles. The third-order valence-corrected chi connectivity index (χ3v) is 3.89. The first kappa shape index (κ1) is 14.5. The van der Waals surface area contributed by atoms with Crippen LogP contribution in [0.5, 0.6) is 0 Å². The van der Waals surface area contributed by atoms with Crippen molar-refractivity contribution in [2.45, 2.75) is 64.5 Å². The normalized spacial score (nSPS) is 29.6. The van der Waals surface area contributed by atoms with Gasteiger partial charge >= 0.3 is 0 Å². The van der Waals surface area contributed by atoms with Crippen LogP contribution in [0, 0.1) is 17.2 Å². The molecule has 3 unspecified atom stereocenters. The van der Waals surface area contributed by atoms with Gasteiger partial charge in [-0.25, -0.2) is 0 Å². The van der Waals surface area contributed by atoms with Crippen molar-refractivity contribution in [3.8, 4) is 6.07 Å². The van der Waals surface area contributed by atoms with Gasteiger partial charge in [-0.15, -0.1) is 0 Å². The molecule has 3 heteroatoms. The van der Waals surface area contributed by atoms with E-state index in [0.29, 0.717) is 0 Å². The molecule has 1 fully saturated rings. The largest absolute Gasteiger partial charge is 0.314 e. The van der Waals surface area contributed by atoms with Crippen molar-refractivity contribution in [3.63, 3.8) is 0 Å². The van der Waals surface area contributed by atoms with Crippen molar-refractivity contribution < 1.29 is 0 Å². The lowest BCUT2D eigenvalue weighted by atomic mass is 9.94. The summed E-state index contributed by atoms with van der Waals surface area (Å²) in [5, 5.41) is 8.83. The van der Waals surface area contributed by atoms with E-state index in [2.05, 4.69) is 24.8 Å². The second-order valence-corrected chi connectivity index (χ2v) is 6.01. The number of likely N-dealkylation sites (tertiary alicyclic amines) is 1. The predicted molar refractivity (Wildman–Crippen MR) is 71.5 cm³/mol. The van der Waals surface area contributed by atoms with Gasteiger partial charge in [0.25, 0.3) is 0 Å². The molecular weight excluding hydrogens is 210 g/mol. The highest BCUT2D eigenvalue weighted by molar-refractivity contribution is 5.00. The van der Waals surface area contributed by atoms with E-state index in [4.69, 9.17) is 11.0 Å². The lowest BCUT2D eigenvalue weighted by molar-refractivity contribution is 0.122. The molecule has 1 aliphatic rings. The number of nitrogens with two attached hydrogens (primary N) is 1. The molecule has 3 atom stereocenters. The van der Waals surface area contributed by atoms with Crippen molar-refractivity contribution in [1.29, 1.82) is 5.26 Å². The molecule has 17 heavy (non-hydrogen) atoms. The highest BCUT2D eigenvalue weighted by Crippen LogP contribution is 2.22. The van der Waals surface area contributed by atoms with E-state index in [-0.39, 0.29) is 0 Å². The summed E-state index contributed by atoms with van der Waals surface area (Å²) in [7, 11) is 0. The van der Waals surface area contributed by atoms with E-state index in [9.17, 15) is 0 Å². The fourth-order valence-corrected chi connectivity index (χ4v) is 2.55. The van der Waals surface area contributed by atoms with E-state index in [1.165, 1.54) is 19.4 Å². The smallest absolute Gasteiger partial charge is 0.101 e. The Morgan fingerprint density at radius 1 is 1.35 bits per heavy atom. The molecule has 0 spiro atoms. The van der Waals surface area contributed by atoms with Crippen LogP contribution >= 0.6 is 0 Å². The third kappa shape index (κ3) is 5.06. The average Bonchev–Trinajstić information content (AvgIpc) is 2.29. The highest BCUT2D eigenvalue weighted by Gasteiger charge is 2.22. The van der Waals surface area contributed by atoms with Gasteiger partial charge < -0.3 is 10.6 Å². The molecule has 0 radical (unpaired) electrons. The Balaban J connectivity index is 2.20. The van der Waals surface area contributed by atoms with Gasteiger partial charge in [0.05, 0.1) is 6.07 Å². The first-order chi connectivity index (χ1) is 7.94. The summed E-state index contributed by atoms with van der Waals surface area (Å²) in [4.78, 5) is 2.59. The topological polar surface area (TPSA) is 53.0 Å². The molecule has 3 nitrogen and oxygen atoms in total. The van der Waals surface area contributed by atoms with Gasteiger partial charge in [0.15, 0.2) is 0 Å². The van der Waals surface area contributed by atoms with Gasteiger partial charge in [-0.2, -0.15) is 5.26 Å². The number of nitrogens with zero attached hydrogens (tertiary/aromatic N) is 2. The van der Waals surface area contributed by atoms with Gasteiger partial charge in [0.2, 0.25) is 0 Å². The number of piperidine rings is 1. The van der Waals surface area contributed by atoms with Crippen LogP contribution in [-0.4, -0.2) is 29.6 Å². The molecule has 0 aromatic rings. The fraction of sp³-hybridized carbons (Fsp3) is 0.929. The Kier molecular flexibility index (Phi) is 5.42. The molecule has 2 N–H and O–H groups in total. The lowest BCUT2D eigenvalue weighted by Gasteiger charge is -2.36. The van der Waals surface area contributed by atoms with Gasteiger partial charge in [0, 0.05) is 12.6 Å². The molecule has 1 rings (SSSR count). The second-order valence-electron chi connectivity index (χ2n) is 6.01. The van der Waals surface area contributed by atoms with E-state index < -0.39 is 5.54 Å². The maximum atomic E-state index is 8.83. The number of hydrogen-bond acceptors (Lipinski definition) is 3. The standard InChI is InChI=1S/C14H27N3/c1-12-6-7-13(2)17(10-12)9-5-4-8-14(3,16)11-15/h12-13H,4-10,16H2,1-3H3. The van der Waals surface area contributed by atoms with Crippen LogP contribution in [0.15, 0.2) is 0 Å². The Bertz CT molecular complexity index is 267. The number of hydrogen-bond donors (Lipinski definition) is 1. The molecule has 0 aromatic carbocycles. The van der Waals surface area contributed by atoms with E-state index in [1.54, 1.807) is 0 Å². The lowest BCUT2D eigenvalue weighted by Crippen LogP contribution is -2.41. The van der Waals surface area contributed by atoms with Crippen LogP contribution in [0.2, 0.25) is 0 Å². The number of unbranched alkanes of at least 4 members (excludes halogenated alkanes) is 1. The van der Waals surface area contributed by atoms with Crippen LogP contribution in [-0.2, 0) is 0 Å². The van der Waals surface area contributed by atoms with Crippen molar-refractivity contribution in [2.75, 3.05) is 13.1 Å². The monoisotopic (exact) mass is 237 g/mol. The molecule has 0 amide bonds. The molecule has 0 bridgehead atoms. The minimum Gasteiger partial charge on any atom is -0.314 e. The van der Waals surface area contributed by atoms with Crippen LogP contribution in [0.3, 0.4) is 0 Å². The van der Waals surface area contributed by atoms with Crippen LogP contribution in [0.25, 0.3) is 0 Å². The maximum Gasteiger partial charge on any atom is 0.101 e. The van der Waals surface area contributed by atoms with Gasteiger partial charge in [-0.3, -0.25) is 0 Å². The molecule has 0 aliphatic carbocycles. The minimum absolute atomic E-state index is 0.638. The first-order valence-electron chi connectivity index (χ1n) is 6.89. The Morgan fingerprint density at radius 2 is 2.06 bits per heavy atom.